The molecule has 8 heteroatoms. The maximum atomic E-state index is 12.8. The molecule has 2 aromatic heterocycles. The van der Waals surface area contributed by atoms with Gasteiger partial charge in [-0.05, 0) is 78.9 Å². The van der Waals surface area contributed by atoms with Crippen LogP contribution in [0.4, 0.5) is 22.7 Å². The molecule has 3 aromatic carbocycles. The molecule has 0 aliphatic heterocycles. The number of rotatable bonds is 7. The lowest BCUT2D eigenvalue weighted by Crippen LogP contribution is -2.14. The second-order valence-corrected chi connectivity index (χ2v) is 8.11. The zero-order valence-electron chi connectivity index (χ0n) is 19.7. The average Bonchev–Trinajstić information content (AvgIpc) is 2.90. The van der Waals surface area contributed by atoms with Crippen molar-refractivity contribution in [3.63, 3.8) is 0 Å². The van der Waals surface area contributed by atoms with Crippen molar-refractivity contribution in [1.29, 1.82) is 0 Å². The number of pyridine rings is 2. The summed E-state index contributed by atoms with van der Waals surface area (Å²) in [4.78, 5) is 30.7. The topological polar surface area (TPSA) is 108 Å². The summed E-state index contributed by atoms with van der Waals surface area (Å²) in [6.45, 7) is 0. The molecule has 4 N–H and O–H groups in total. The van der Waals surface area contributed by atoms with Gasteiger partial charge in [0.05, 0.1) is 30.7 Å². The smallest absolute Gasteiger partial charge is 0.256 e. The first kappa shape index (κ1) is 22.8. The van der Waals surface area contributed by atoms with Crippen LogP contribution < -0.4 is 31.2 Å². The Hall–Kier alpha value is -4.98. The molecule has 0 amide bonds. The number of hydrogen-bond donors (Lipinski definition) is 4. The number of aromatic amines is 2. The van der Waals surface area contributed by atoms with Gasteiger partial charge in [-0.2, -0.15) is 0 Å². The van der Waals surface area contributed by atoms with E-state index < -0.39 is 0 Å². The van der Waals surface area contributed by atoms with Crippen LogP contribution in [0.25, 0.3) is 22.0 Å². The van der Waals surface area contributed by atoms with Crippen molar-refractivity contribution in [2.24, 2.45) is 0 Å². The van der Waals surface area contributed by atoms with E-state index in [0.29, 0.717) is 16.5 Å². The lowest BCUT2D eigenvalue weighted by molar-refractivity contribution is 0.415. The molecule has 0 bridgehead atoms. The molecule has 0 saturated heterocycles. The third kappa shape index (κ3) is 4.65. The Kier molecular flexibility index (Phi) is 6.15. The Balaban J connectivity index is 1.59. The molecule has 0 atom stereocenters. The van der Waals surface area contributed by atoms with E-state index in [-0.39, 0.29) is 11.1 Å². The second kappa shape index (κ2) is 9.71. The average molecular weight is 481 g/mol. The first-order valence-corrected chi connectivity index (χ1v) is 11.3. The minimum Gasteiger partial charge on any atom is -0.497 e. The van der Waals surface area contributed by atoms with Crippen molar-refractivity contribution in [2.45, 2.75) is 0 Å². The highest BCUT2D eigenvalue weighted by Crippen LogP contribution is 2.34. The van der Waals surface area contributed by atoms with E-state index in [1.807, 2.05) is 66.7 Å². The number of hydrogen-bond acceptors (Lipinski definition) is 6. The summed E-state index contributed by atoms with van der Waals surface area (Å²) in [6, 6.07) is 24.2. The molecule has 0 saturated carbocycles. The molecule has 0 radical (unpaired) electrons. The van der Waals surface area contributed by atoms with Crippen molar-refractivity contribution in [3.8, 4) is 22.8 Å². The highest BCUT2D eigenvalue weighted by Gasteiger charge is 2.12. The van der Waals surface area contributed by atoms with Gasteiger partial charge < -0.3 is 30.1 Å². The van der Waals surface area contributed by atoms with Crippen LogP contribution in [-0.2, 0) is 0 Å². The molecule has 8 nitrogen and oxygen atoms in total. The highest BCUT2D eigenvalue weighted by atomic mass is 16.5. The zero-order valence-corrected chi connectivity index (χ0v) is 19.7. The molecule has 0 aliphatic rings. The Bertz CT molecular complexity index is 1640. The van der Waals surface area contributed by atoms with Crippen molar-refractivity contribution in [1.82, 2.24) is 9.97 Å². The molecule has 2 heterocycles. The monoisotopic (exact) mass is 480 g/mol. The second-order valence-electron chi connectivity index (χ2n) is 8.11. The fourth-order valence-corrected chi connectivity index (χ4v) is 3.98. The van der Waals surface area contributed by atoms with Gasteiger partial charge in [0.2, 0.25) is 0 Å². The van der Waals surface area contributed by atoms with Crippen LogP contribution >= 0.6 is 0 Å². The molecular formula is C28H24N4O4. The third-order valence-electron chi connectivity index (χ3n) is 5.84. The summed E-state index contributed by atoms with van der Waals surface area (Å²) in [7, 11) is 3.25. The van der Waals surface area contributed by atoms with Gasteiger partial charge in [-0.25, -0.2) is 0 Å². The van der Waals surface area contributed by atoms with Gasteiger partial charge in [0.25, 0.3) is 11.1 Å². The summed E-state index contributed by atoms with van der Waals surface area (Å²) in [5, 5.41) is 7.48. The maximum absolute atomic E-state index is 12.8. The summed E-state index contributed by atoms with van der Waals surface area (Å²) in [5.41, 5.74) is 3.91. The molecule has 0 fully saturated rings. The van der Waals surface area contributed by atoms with E-state index in [1.165, 1.54) is 6.20 Å². The van der Waals surface area contributed by atoms with Crippen LogP contribution in [0.1, 0.15) is 0 Å². The van der Waals surface area contributed by atoms with Gasteiger partial charge in [-0.3, -0.25) is 9.59 Å². The molecular weight excluding hydrogens is 456 g/mol. The minimum absolute atomic E-state index is 0.317. The van der Waals surface area contributed by atoms with Crippen LogP contribution in [0, 0.1) is 0 Å². The molecule has 0 unspecified atom stereocenters. The Morgan fingerprint density at radius 1 is 0.639 bits per heavy atom. The molecule has 5 aromatic rings. The molecule has 180 valence electrons. The van der Waals surface area contributed by atoms with Gasteiger partial charge >= 0.3 is 0 Å². The lowest BCUT2D eigenvalue weighted by Gasteiger charge is -2.16. The Morgan fingerprint density at radius 3 is 1.89 bits per heavy atom. The Labute approximate surface area is 206 Å². The van der Waals surface area contributed by atoms with Crippen LogP contribution in [0.15, 0.2) is 94.6 Å². The minimum atomic E-state index is -0.329. The van der Waals surface area contributed by atoms with Gasteiger partial charge in [0.1, 0.15) is 11.5 Å². The fraction of sp³-hybridized carbons (Fsp3) is 0.0714. The summed E-state index contributed by atoms with van der Waals surface area (Å²) < 4.78 is 10.5. The normalized spacial score (nSPS) is 10.7. The van der Waals surface area contributed by atoms with E-state index in [9.17, 15) is 9.59 Å². The number of fused-ring (bicyclic) bond motifs is 1. The van der Waals surface area contributed by atoms with Gasteiger partial charge in [0.15, 0.2) is 0 Å². The van der Waals surface area contributed by atoms with Crippen molar-refractivity contribution in [2.75, 3.05) is 24.9 Å². The molecule has 36 heavy (non-hydrogen) atoms. The van der Waals surface area contributed by atoms with E-state index in [4.69, 9.17) is 9.47 Å². The number of ether oxygens (including phenoxy) is 2. The molecule has 5 rings (SSSR count). The fourth-order valence-electron chi connectivity index (χ4n) is 3.98. The first-order chi connectivity index (χ1) is 17.5. The SMILES string of the molecule is COc1ccc(Nc2ccc(-c3cc4c(=O)[nH]ccc4c(=O)[nH]3)c(Nc3ccc(OC)cc3)c2)cc1. The van der Waals surface area contributed by atoms with Gasteiger partial charge in [-0.1, -0.05) is 0 Å². The lowest BCUT2D eigenvalue weighted by atomic mass is 10.0. The number of H-pyrrole nitrogens is 2. The quantitative estimate of drug-likeness (QED) is 0.249. The van der Waals surface area contributed by atoms with Crippen LogP contribution in [0.5, 0.6) is 11.5 Å². The number of aromatic nitrogens is 2. The van der Waals surface area contributed by atoms with Crippen molar-refractivity contribution < 1.29 is 9.47 Å². The van der Waals surface area contributed by atoms with Crippen LogP contribution in [-0.4, -0.2) is 24.2 Å². The summed E-state index contributed by atoms with van der Waals surface area (Å²) >= 11 is 0. The van der Waals surface area contributed by atoms with Gasteiger partial charge in [-0.15, -0.1) is 0 Å². The molecule has 0 aliphatic carbocycles. The van der Waals surface area contributed by atoms with E-state index in [2.05, 4.69) is 20.6 Å². The standard InChI is InChI=1S/C28H24N4O4/c1-35-20-8-3-17(4-9-20)30-19-7-12-23(25(15-19)31-18-5-10-21(36-2)11-6-18)26-16-24-22(28(34)32-26)13-14-29-27(24)33/h3-16,30-31H,1-2H3,(H,29,33)(H,32,34). The predicted molar refractivity (Wildman–Crippen MR) is 143 cm³/mol. The van der Waals surface area contributed by atoms with Crippen LogP contribution in [0.3, 0.4) is 0 Å². The van der Waals surface area contributed by atoms with Crippen molar-refractivity contribution in [3.05, 3.63) is 106 Å². The largest absolute Gasteiger partial charge is 0.497 e. The van der Waals surface area contributed by atoms with Gasteiger partial charge in [0, 0.05) is 34.5 Å². The third-order valence-corrected chi connectivity index (χ3v) is 5.84. The molecule has 0 spiro atoms. The van der Waals surface area contributed by atoms with E-state index in [1.54, 1.807) is 26.4 Å². The zero-order chi connectivity index (χ0) is 25.1. The number of benzene rings is 3. The Morgan fingerprint density at radius 2 is 1.25 bits per heavy atom. The first-order valence-electron chi connectivity index (χ1n) is 11.3. The number of methoxy groups -OCH3 is 2. The number of anilines is 4. The summed E-state index contributed by atoms with van der Waals surface area (Å²) in [6.07, 6.45) is 1.47. The summed E-state index contributed by atoms with van der Waals surface area (Å²) in [5.74, 6) is 1.52. The van der Waals surface area contributed by atoms with E-state index >= 15 is 0 Å². The predicted octanol–water partition coefficient (Wildman–Crippen LogP) is 5.39. The van der Waals surface area contributed by atoms with Crippen LogP contribution in [0.2, 0.25) is 0 Å². The highest BCUT2D eigenvalue weighted by molar-refractivity contribution is 5.89. The maximum Gasteiger partial charge on any atom is 0.256 e. The van der Waals surface area contributed by atoms with Crippen molar-refractivity contribution >= 4 is 33.5 Å². The number of nitrogens with one attached hydrogen (secondary N) is 4. The van der Waals surface area contributed by atoms with E-state index in [0.717, 1.165) is 39.8 Å².